The highest BCUT2D eigenvalue weighted by Crippen LogP contribution is 2.59. The lowest BCUT2D eigenvalue weighted by Crippen LogP contribution is -2.29. The smallest absolute Gasteiger partial charge is 0.224 e. The zero-order valence-corrected chi connectivity index (χ0v) is 14.5. The van der Waals surface area contributed by atoms with Crippen LogP contribution in [-0.2, 0) is 4.79 Å². The third-order valence-electron chi connectivity index (χ3n) is 4.94. The van der Waals surface area contributed by atoms with Gasteiger partial charge < -0.3 is 9.73 Å². The highest BCUT2D eigenvalue weighted by atomic mass is 16.3. The Hall–Kier alpha value is -2.03. The van der Waals surface area contributed by atoms with Gasteiger partial charge in [-0.05, 0) is 44.2 Å². The maximum atomic E-state index is 12.6. The number of fused-ring (bicyclic) bond motifs is 1. The fourth-order valence-electron chi connectivity index (χ4n) is 3.44. The van der Waals surface area contributed by atoms with Crippen LogP contribution in [0.5, 0.6) is 0 Å². The van der Waals surface area contributed by atoms with Gasteiger partial charge in [-0.15, -0.1) is 0 Å². The summed E-state index contributed by atoms with van der Waals surface area (Å²) in [5, 5.41) is 4.18. The first kappa shape index (κ1) is 15.9. The van der Waals surface area contributed by atoms with Crippen LogP contribution >= 0.6 is 0 Å². The normalized spacial score (nSPS) is 23.3. The maximum absolute atomic E-state index is 12.6. The Balaban J connectivity index is 1.71. The molecule has 3 atom stereocenters. The first-order valence-electron chi connectivity index (χ1n) is 8.24. The second kappa shape index (κ2) is 5.55. The van der Waals surface area contributed by atoms with Gasteiger partial charge in [0.2, 0.25) is 5.91 Å². The Morgan fingerprint density at radius 1 is 1.30 bits per heavy atom. The van der Waals surface area contributed by atoms with Crippen LogP contribution in [-0.4, -0.2) is 5.91 Å². The van der Waals surface area contributed by atoms with Crippen molar-refractivity contribution >= 4 is 16.9 Å². The minimum atomic E-state index is -0.126. The number of benzene rings is 1. The summed E-state index contributed by atoms with van der Waals surface area (Å²) in [7, 11) is 0. The Morgan fingerprint density at radius 3 is 2.65 bits per heavy atom. The maximum Gasteiger partial charge on any atom is 0.224 e. The standard InChI is InChI=1S/C20H25NO2/c1-12(2)10-15-18(20(15,4)5)19(22)21-13(3)17-11-14-8-6-7-9-16(14)23-17/h6-11,13,15,18H,1-5H3,(H,21,22). The van der Waals surface area contributed by atoms with E-state index in [0.717, 1.165) is 16.7 Å². The van der Waals surface area contributed by atoms with E-state index in [0.29, 0.717) is 5.92 Å². The van der Waals surface area contributed by atoms with Crippen LogP contribution in [0.2, 0.25) is 0 Å². The average molecular weight is 311 g/mol. The van der Waals surface area contributed by atoms with E-state index in [1.54, 1.807) is 0 Å². The van der Waals surface area contributed by atoms with Gasteiger partial charge >= 0.3 is 0 Å². The van der Waals surface area contributed by atoms with Crippen molar-refractivity contribution in [2.24, 2.45) is 17.3 Å². The zero-order chi connectivity index (χ0) is 16.8. The Bertz CT molecular complexity index is 732. The molecule has 1 amide bonds. The fourth-order valence-corrected chi connectivity index (χ4v) is 3.44. The molecular formula is C20H25NO2. The number of carbonyl (C=O) groups excluding carboxylic acids is 1. The predicted molar refractivity (Wildman–Crippen MR) is 93.0 cm³/mol. The van der Waals surface area contributed by atoms with Gasteiger partial charge in [-0.3, -0.25) is 4.79 Å². The molecule has 1 aliphatic carbocycles. The highest BCUT2D eigenvalue weighted by Gasteiger charge is 2.60. The molecule has 3 heteroatoms. The number of hydrogen-bond donors (Lipinski definition) is 1. The van der Waals surface area contributed by atoms with Crippen LogP contribution in [0.1, 0.15) is 46.4 Å². The lowest BCUT2D eigenvalue weighted by molar-refractivity contribution is -0.123. The van der Waals surface area contributed by atoms with Crippen molar-refractivity contribution in [3.8, 4) is 0 Å². The van der Waals surface area contributed by atoms with Crippen molar-refractivity contribution in [3.63, 3.8) is 0 Å². The summed E-state index contributed by atoms with van der Waals surface area (Å²) in [6.45, 7) is 10.5. The van der Waals surface area contributed by atoms with Gasteiger partial charge in [0.1, 0.15) is 11.3 Å². The van der Waals surface area contributed by atoms with E-state index in [1.165, 1.54) is 5.57 Å². The van der Waals surface area contributed by atoms with Crippen molar-refractivity contribution in [2.75, 3.05) is 0 Å². The van der Waals surface area contributed by atoms with E-state index < -0.39 is 0 Å². The quantitative estimate of drug-likeness (QED) is 0.820. The summed E-state index contributed by atoms with van der Waals surface area (Å²) in [6.07, 6.45) is 2.22. The molecule has 122 valence electrons. The molecule has 0 spiro atoms. The van der Waals surface area contributed by atoms with Gasteiger partial charge in [-0.25, -0.2) is 0 Å². The molecule has 1 aliphatic rings. The molecular weight excluding hydrogens is 286 g/mol. The molecule has 3 rings (SSSR count). The number of carbonyl (C=O) groups is 1. The number of allylic oxidation sites excluding steroid dienone is 2. The van der Waals surface area contributed by atoms with E-state index in [9.17, 15) is 4.79 Å². The van der Waals surface area contributed by atoms with Gasteiger partial charge in [-0.2, -0.15) is 0 Å². The summed E-state index contributed by atoms with van der Waals surface area (Å²) >= 11 is 0. The summed E-state index contributed by atoms with van der Waals surface area (Å²) < 4.78 is 5.85. The SMILES string of the molecule is CC(C)=CC1C(C(=O)NC(C)c2cc3ccccc3o2)C1(C)C. The van der Waals surface area contributed by atoms with E-state index in [1.807, 2.05) is 37.3 Å². The van der Waals surface area contributed by atoms with Gasteiger partial charge in [0.05, 0.1) is 12.0 Å². The number of rotatable bonds is 4. The first-order chi connectivity index (χ1) is 10.8. The third kappa shape index (κ3) is 2.92. The molecule has 1 fully saturated rings. The van der Waals surface area contributed by atoms with E-state index in [4.69, 9.17) is 4.42 Å². The minimum Gasteiger partial charge on any atom is -0.459 e. The zero-order valence-electron chi connectivity index (χ0n) is 14.5. The summed E-state index contributed by atoms with van der Waals surface area (Å²) in [5.41, 5.74) is 2.16. The third-order valence-corrected chi connectivity index (χ3v) is 4.94. The molecule has 3 nitrogen and oxygen atoms in total. The van der Waals surface area contributed by atoms with Crippen LogP contribution < -0.4 is 5.32 Å². The number of nitrogens with one attached hydrogen (secondary N) is 1. The molecule has 0 saturated heterocycles. The summed E-state index contributed by atoms with van der Waals surface area (Å²) in [5.74, 6) is 1.29. The molecule has 1 aromatic heterocycles. The van der Waals surface area contributed by atoms with Gasteiger partial charge in [0, 0.05) is 5.39 Å². The number of furan rings is 1. The summed E-state index contributed by atoms with van der Waals surface area (Å²) in [6, 6.07) is 9.79. The van der Waals surface area contributed by atoms with Crippen LogP contribution in [0.3, 0.4) is 0 Å². The molecule has 0 bridgehead atoms. The van der Waals surface area contributed by atoms with Crippen LogP contribution in [0.4, 0.5) is 0 Å². The van der Waals surface area contributed by atoms with Gasteiger partial charge in [0.15, 0.2) is 0 Å². The van der Waals surface area contributed by atoms with Crippen molar-refractivity contribution in [2.45, 2.75) is 40.7 Å². The molecule has 1 heterocycles. The highest BCUT2D eigenvalue weighted by molar-refractivity contribution is 5.84. The molecule has 1 saturated carbocycles. The second-order valence-corrected chi connectivity index (χ2v) is 7.49. The Labute approximate surface area is 137 Å². The molecule has 23 heavy (non-hydrogen) atoms. The predicted octanol–water partition coefficient (Wildman–Crippen LogP) is 4.85. The van der Waals surface area contributed by atoms with Crippen molar-refractivity contribution in [1.29, 1.82) is 0 Å². The molecule has 0 radical (unpaired) electrons. The summed E-state index contributed by atoms with van der Waals surface area (Å²) in [4.78, 5) is 12.6. The van der Waals surface area contributed by atoms with Crippen molar-refractivity contribution in [1.82, 2.24) is 5.32 Å². The first-order valence-corrected chi connectivity index (χ1v) is 8.24. The second-order valence-electron chi connectivity index (χ2n) is 7.49. The minimum absolute atomic E-state index is 0.0367. The molecule has 2 aromatic rings. The van der Waals surface area contributed by atoms with Crippen molar-refractivity contribution in [3.05, 3.63) is 47.7 Å². The van der Waals surface area contributed by atoms with Crippen LogP contribution in [0.15, 0.2) is 46.4 Å². The fraction of sp³-hybridized carbons (Fsp3) is 0.450. The number of amides is 1. The largest absolute Gasteiger partial charge is 0.459 e. The molecule has 3 unspecified atom stereocenters. The lowest BCUT2D eigenvalue weighted by Gasteiger charge is -2.12. The molecule has 0 aliphatic heterocycles. The average Bonchev–Trinajstić information content (AvgIpc) is 2.85. The monoisotopic (exact) mass is 311 g/mol. The van der Waals surface area contributed by atoms with E-state index >= 15 is 0 Å². The number of para-hydroxylation sites is 1. The van der Waals surface area contributed by atoms with E-state index in [2.05, 4.69) is 39.1 Å². The van der Waals surface area contributed by atoms with Gasteiger partial charge in [-0.1, -0.05) is 43.7 Å². The lowest BCUT2D eigenvalue weighted by atomic mass is 10.1. The van der Waals surface area contributed by atoms with Crippen LogP contribution in [0.25, 0.3) is 11.0 Å². The van der Waals surface area contributed by atoms with E-state index in [-0.39, 0.29) is 23.3 Å². The van der Waals surface area contributed by atoms with Gasteiger partial charge in [0.25, 0.3) is 0 Å². The molecule has 1 aromatic carbocycles. The van der Waals surface area contributed by atoms with Crippen molar-refractivity contribution < 1.29 is 9.21 Å². The van der Waals surface area contributed by atoms with Crippen LogP contribution in [0, 0.1) is 17.3 Å². The topological polar surface area (TPSA) is 42.2 Å². The number of hydrogen-bond acceptors (Lipinski definition) is 2. The Morgan fingerprint density at radius 2 is 2.00 bits per heavy atom. The Kier molecular flexibility index (Phi) is 3.83. The molecule has 1 N–H and O–H groups in total.